The maximum atomic E-state index is 12.8. The van der Waals surface area contributed by atoms with Crippen LogP contribution in [0.2, 0.25) is 5.02 Å². The van der Waals surface area contributed by atoms with Crippen LogP contribution in [0, 0.1) is 0 Å². The number of amides is 1. The van der Waals surface area contributed by atoms with Crippen LogP contribution in [0.25, 0.3) is 0 Å². The summed E-state index contributed by atoms with van der Waals surface area (Å²) in [6.07, 6.45) is -2.94. The van der Waals surface area contributed by atoms with Crippen LogP contribution in [-0.4, -0.2) is 16.7 Å². The molecule has 2 unspecified atom stereocenters. The number of carbonyl (C=O) groups is 1. The molecule has 2 atom stereocenters. The first-order chi connectivity index (χ1) is 13.9. The fraction of sp³-hybridized carbons (Fsp3) is 0.429. The minimum Gasteiger partial charge on any atom is -0.484 e. The Kier molecular flexibility index (Phi) is 6.17. The van der Waals surface area contributed by atoms with Crippen LogP contribution in [0.1, 0.15) is 62.6 Å². The van der Waals surface area contributed by atoms with Crippen molar-refractivity contribution in [2.75, 3.05) is 0 Å². The highest BCUT2D eigenvalue weighted by Crippen LogP contribution is 2.39. The van der Waals surface area contributed by atoms with E-state index in [-0.39, 0.29) is 6.04 Å². The maximum Gasteiger partial charge on any atom is 0.416 e. The van der Waals surface area contributed by atoms with Gasteiger partial charge in [-0.1, -0.05) is 11.6 Å². The van der Waals surface area contributed by atoms with Gasteiger partial charge in [0.15, 0.2) is 0 Å². The number of hydrogen-bond donors (Lipinski definition) is 1. The lowest BCUT2D eigenvalue weighted by Crippen LogP contribution is -2.37. The van der Waals surface area contributed by atoms with Gasteiger partial charge in [0.05, 0.1) is 22.3 Å². The quantitative estimate of drug-likeness (QED) is 0.611. The molecule has 0 saturated carbocycles. The molecule has 162 valence electrons. The lowest BCUT2D eigenvalue weighted by molar-refractivity contribution is -0.137. The Morgan fingerprint density at radius 2 is 1.83 bits per heavy atom. The van der Waals surface area contributed by atoms with Crippen LogP contribution >= 0.6 is 11.6 Å². The Morgan fingerprint density at radius 1 is 1.17 bits per heavy atom. The van der Waals surface area contributed by atoms with Gasteiger partial charge in [-0.15, -0.1) is 0 Å². The molecule has 3 rings (SSSR count). The zero-order chi connectivity index (χ0) is 22.1. The second-order valence-electron chi connectivity index (χ2n) is 8.03. The number of alkyl halides is 3. The van der Waals surface area contributed by atoms with Crippen LogP contribution in [0.3, 0.4) is 0 Å². The predicted molar refractivity (Wildman–Crippen MR) is 105 cm³/mol. The van der Waals surface area contributed by atoms with Gasteiger partial charge in [-0.05, 0) is 63.9 Å². The van der Waals surface area contributed by atoms with Gasteiger partial charge in [-0.2, -0.15) is 13.2 Å². The van der Waals surface area contributed by atoms with E-state index in [0.29, 0.717) is 34.9 Å². The first kappa shape index (κ1) is 22.2. The Morgan fingerprint density at radius 3 is 2.43 bits per heavy atom. The van der Waals surface area contributed by atoms with E-state index in [4.69, 9.17) is 21.1 Å². The van der Waals surface area contributed by atoms with Crippen LogP contribution in [0.4, 0.5) is 18.0 Å². The van der Waals surface area contributed by atoms with Gasteiger partial charge in [0.25, 0.3) is 0 Å². The van der Waals surface area contributed by atoms with Gasteiger partial charge in [0.2, 0.25) is 0 Å². The summed E-state index contributed by atoms with van der Waals surface area (Å²) in [5.41, 5.74) is -0.115. The number of rotatable bonds is 3. The highest BCUT2D eigenvalue weighted by molar-refractivity contribution is 6.30. The molecule has 1 aromatic carbocycles. The Bertz CT molecular complexity index is 911. The zero-order valence-electron chi connectivity index (χ0n) is 16.7. The summed E-state index contributed by atoms with van der Waals surface area (Å²) in [6.45, 7) is 5.31. The summed E-state index contributed by atoms with van der Waals surface area (Å²) < 4.78 is 49.5. The molecule has 1 heterocycles. The third-order valence-electron chi connectivity index (χ3n) is 4.46. The fourth-order valence-corrected chi connectivity index (χ4v) is 3.39. The van der Waals surface area contributed by atoms with Crippen molar-refractivity contribution in [2.24, 2.45) is 0 Å². The van der Waals surface area contributed by atoms with E-state index in [1.165, 1.54) is 18.3 Å². The largest absolute Gasteiger partial charge is 0.484 e. The monoisotopic (exact) mass is 442 g/mol. The molecule has 2 aromatic rings. The average Bonchev–Trinajstić information content (AvgIpc) is 2.62. The number of aromatic nitrogens is 1. The zero-order valence-corrected chi connectivity index (χ0v) is 17.5. The van der Waals surface area contributed by atoms with Crippen LogP contribution in [-0.2, 0) is 10.9 Å². The number of alkyl carbamates (subject to hydrolysis) is 1. The van der Waals surface area contributed by atoms with Crippen molar-refractivity contribution in [3.63, 3.8) is 0 Å². The van der Waals surface area contributed by atoms with Gasteiger partial charge < -0.3 is 14.8 Å². The molecular weight excluding hydrogens is 421 g/mol. The number of fused-ring (bicyclic) bond motifs is 1. The molecule has 0 radical (unpaired) electrons. The van der Waals surface area contributed by atoms with Crippen molar-refractivity contribution < 1.29 is 27.4 Å². The normalized spacial score (nSPS) is 19.0. The summed E-state index contributed by atoms with van der Waals surface area (Å²) in [4.78, 5) is 16.6. The van der Waals surface area contributed by atoms with E-state index >= 15 is 0 Å². The number of benzene rings is 1. The topological polar surface area (TPSA) is 60.5 Å². The molecule has 0 fully saturated rings. The smallest absolute Gasteiger partial charge is 0.416 e. The number of ether oxygens (including phenoxy) is 2. The van der Waals surface area contributed by atoms with E-state index < -0.39 is 29.5 Å². The Balaban J connectivity index is 1.79. The summed E-state index contributed by atoms with van der Waals surface area (Å²) in [7, 11) is 0. The molecule has 5 nitrogen and oxygen atoms in total. The Hall–Kier alpha value is -2.48. The molecular formula is C21H22ClF3N2O3. The van der Waals surface area contributed by atoms with Crippen molar-refractivity contribution in [3.05, 3.63) is 58.4 Å². The summed E-state index contributed by atoms with van der Waals surface area (Å²) in [6, 6.07) is 5.84. The molecule has 9 heteroatoms. The van der Waals surface area contributed by atoms with Crippen molar-refractivity contribution >= 4 is 17.7 Å². The summed E-state index contributed by atoms with van der Waals surface area (Å²) >= 11 is 6.10. The lowest BCUT2D eigenvalue weighted by atomic mass is 9.89. The minimum atomic E-state index is -4.41. The summed E-state index contributed by atoms with van der Waals surface area (Å²) in [5, 5.41) is 3.23. The molecule has 1 amide bonds. The van der Waals surface area contributed by atoms with Crippen LogP contribution in [0.15, 0.2) is 36.5 Å². The van der Waals surface area contributed by atoms with Crippen molar-refractivity contribution in [1.82, 2.24) is 10.3 Å². The first-order valence-electron chi connectivity index (χ1n) is 9.41. The van der Waals surface area contributed by atoms with Gasteiger partial charge in [0, 0.05) is 11.8 Å². The lowest BCUT2D eigenvalue weighted by Gasteiger charge is -2.32. The standard InChI is InChI=1S/C21H22ClF3N2O3/c1-20(2,3)30-19(28)27-16-8-9-17(18-15(16)10-13(22)11-26-18)29-14-6-4-12(5-7-14)21(23,24)25/h4-7,10-11,16-17H,8-9H2,1-3H3,(H,27,28). The second kappa shape index (κ2) is 8.34. The molecule has 1 N–H and O–H groups in total. The number of carbonyl (C=O) groups excluding carboxylic acids is 1. The molecule has 0 bridgehead atoms. The van der Waals surface area contributed by atoms with E-state index in [2.05, 4.69) is 10.3 Å². The van der Waals surface area contributed by atoms with Gasteiger partial charge in [-0.3, -0.25) is 4.98 Å². The van der Waals surface area contributed by atoms with Crippen molar-refractivity contribution in [3.8, 4) is 5.75 Å². The molecule has 0 spiro atoms. The minimum absolute atomic E-state index is 0.300. The number of halogens is 4. The first-order valence-corrected chi connectivity index (χ1v) is 9.79. The van der Waals surface area contributed by atoms with Gasteiger partial charge in [0.1, 0.15) is 17.5 Å². The highest BCUT2D eigenvalue weighted by Gasteiger charge is 2.33. The molecule has 1 aliphatic rings. The second-order valence-corrected chi connectivity index (χ2v) is 8.47. The van der Waals surface area contributed by atoms with Crippen molar-refractivity contribution in [2.45, 2.75) is 57.5 Å². The number of hydrogen-bond acceptors (Lipinski definition) is 4. The number of nitrogens with one attached hydrogen (secondary N) is 1. The molecule has 0 aliphatic heterocycles. The third-order valence-corrected chi connectivity index (χ3v) is 4.67. The average molecular weight is 443 g/mol. The van der Waals surface area contributed by atoms with Gasteiger partial charge in [-0.25, -0.2) is 4.79 Å². The molecule has 0 saturated heterocycles. The third kappa shape index (κ3) is 5.56. The summed E-state index contributed by atoms with van der Waals surface area (Å²) in [5.74, 6) is 0.300. The van der Waals surface area contributed by atoms with E-state index in [1.54, 1.807) is 26.8 Å². The van der Waals surface area contributed by atoms with Crippen molar-refractivity contribution in [1.29, 1.82) is 0 Å². The number of pyridine rings is 1. The molecule has 1 aliphatic carbocycles. The van der Waals surface area contributed by atoms with E-state index in [0.717, 1.165) is 12.1 Å². The maximum absolute atomic E-state index is 12.8. The Labute approximate surface area is 177 Å². The SMILES string of the molecule is CC(C)(C)OC(=O)NC1CCC(Oc2ccc(C(F)(F)F)cc2)c2ncc(Cl)cc21. The number of nitrogens with zero attached hydrogens (tertiary/aromatic N) is 1. The predicted octanol–water partition coefficient (Wildman–Crippen LogP) is 6.23. The van der Waals surface area contributed by atoms with E-state index in [1.807, 2.05) is 0 Å². The molecule has 1 aromatic heterocycles. The van der Waals surface area contributed by atoms with E-state index in [9.17, 15) is 18.0 Å². The molecule has 30 heavy (non-hydrogen) atoms. The highest BCUT2D eigenvalue weighted by atomic mass is 35.5. The van der Waals surface area contributed by atoms with Crippen LogP contribution < -0.4 is 10.1 Å². The van der Waals surface area contributed by atoms with Gasteiger partial charge >= 0.3 is 12.3 Å². The fourth-order valence-electron chi connectivity index (χ4n) is 3.23. The van der Waals surface area contributed by atoms with Crippen LogP contribution in [0.5, 0.6) is 5.75 Å².